The Labute approximate surface area is 155 Å². The second kappa shape index (κ2) is 8.41. The van der Waals surface area contributed by atoms with E-state index in [-0.39, 0.29) is 6.03 Å². The maximum absolute atomic E-state index is 12.5. The van der Waals surface area contributed by atoms with E-state index in [1.807, 2.05) is 23.1 Å². The van der Waals surface area contributed by atoms with Crippen LogP contribution in [0.1, 0.15) is 12.0 Å². The van der Waals surface area contributed by atoms with E-state index in [0.717, 1.165) is 43.8 Å². The van der Waals surface area contributed by atoms with E-state index in [4.69, 9.17) is 4.74 Å². The molecule has 0 saturated carbocycles. The molecule has 3 rings (SSSR count). The van der Waals surface area contributed by atoms with Gasteiger partial charge in [-0.3, -0.25) is 0 Å². The van der Waals surface area contributed by atoms with Crippen LogP contribution >= 0.6 is 0 Å². The molecule has 0 radical (unpaired) electrons. The van der Waals surface area contributed by atoms with Gasteiger partial charge in [0.1, 0.15) is 5.75 Å². The molecule has 0 aliphatic carbocycles. The summed E-state index contributed by atoms with van der Waals surface area (Å²) >= 11 is 0. The van der Waals surface area contributed by atoms with Gasteiger partial charge in [-0.15, -0.1) is 0 Å². The van der Waals surface area contributed by atoms with Crippen LogP contribution in [0.25, 0.3) is 10.8 Å². The van der Waals surface area contributed by atoms with Gasteiger partial charge in [0.05, 0.1) is 7.11 Å². The van der Waals surface area contributed by atoms with E-state index in [9.17, 15) is 4.79 Å². The number of nitrogens with one attached hydrogen (secondary N) is 1. The molecule has 1 saturated heterocycles. The monoisotopic (exact) mass is 355 g/mol. The lowest BCUT2D eigenvalue weighted by atomic mass is 10.0. The van der Waals surface area contributed by atoms with Gasteiger partial charge >= 0.3 is 6.03 Å². The van der Waals surface area contributed by atoms with Crippen molar-refractivity contribution in [1.29, 1.82) is 0 Å². The minimum atomic E-state index is 0.0467. The summed E-state index contributed by atoms with van der Waals surface area (Å²) in [5.41, 5.74) is 1.15. The summed E-state index contributed by atoms with van der Waals surface area (Å²) in [5.74, 6) is 1.46. The first kappa shape index (κ1) is 18.5. The smallest absolute Gasteiger partial charge is 0.317 e. The normalized spacial score (nSPS) is 17.1. The number of hydrogen-bond donors (Lipinski definition) is 1. The number of carbonyl (C=O) groups excluding carboxylic acids is 1. The van der Waals surface area contributed by atoms with Gasteiger partial charge < -0.3 is 19.9 Å². The largest absolute Gasteiger partial charge is 0.496 e. The lowest BCUT2D eigenvalue weighted by Crippen LogP contribution is -2.39. The van der Waals surface area contributed by atoms with Gasteiger partial charge in [-0.2, -0.15) is 0 Å². The predicted molar refractivity (Wildman–Crippen MR) is 106 cm³/mol. The minimum absolute atomic E-state index is 0.0467. The molecule has 26 heavy (non-hydrogen) atoms. The highest BCUT2D eigenvalue weighted by molar-refractivity contribution is 5.87. The molecule has 1 fully saturated rings. The zero-order valence-corrected chi connectivity index (χ0v) is 16.0. The van der Waals surface area contributed by atoms with E-state index in [0.29, 0.717) is 12.5 Å². The number of nitrogens with zero attached hydrogens (tertiary/aromatic N) is 2. The number of ether oxygens (including phenoxy) is 1. The molecule has 5 heteroatoms. The van der Waals surface area contributed by atoms with Gasteiger partial charge in [-0.05, 0) is 49.7 Å². The topological polar surface area (TPSA) is 44.8 Å². The quantitative estimate of drug-likeness (QED) is 0.866. The second-order valence-electron chi connectivity index (χ2n) is 7.31. The summed E-state index contributed by atoms with van der Waals surface area (Å²) in [6.45, 7) is 3.35. The molecule has 1 aliphatic rings. The summed E-state index contributed by atoms with van der Waals surface area (Å²) in [6.07, 6.45) is 1.84. The maximum Gasteiger partial charge on any atom is 0.317 e. The zero-order valence-electron chi connectivity index (χ0n) is 16.0. The molecule has 1 atom stereocenters. The van der Waals surface area contributed by atoms with Crippen molar-refractivity contribution in [3.63, 3.8) is 0 Å². The molecule has 0 spiro atoms. The third-order valence-electron chi connectivity index (χ3n) is 5.07. The van der Waals surface area contributed by atoms with Crippen LogP contribution in [-0.2, 0) is 6.42 Å². The molecule has 1 aliphatic heterocycles. The van der Waals surface area contributed by atoms with Crippen molar-refractivity contribution in [2.24, 2.45) is 5.92 Å². The highest BCUT2D eigenvalue weighted by Gasteiger charge is 2.26. The fourth-order valence-corrected chi connectivity index (χ4v) is 3.85. The van der Waals surface area contributed by atoms with Crippen LogP contribution in [0.3, 0.4) is 0 Å². The van der Waals surface area contributed by atoms with E-state index in [1.165, 1.54) is 10.8 Å². The number of hydrogen-bond acceptors (Lipinski definition) is 3. The van der Waals surface area contributed by atoms with E-state index in [1.54, 1.807) is 7.11 Å². The number of rotatable bonds is 6. The van der Waals surface area contributed by atoms with Crippen LogP contribution in [0.4, 0.5) is 4.79 Å². The van der Waals surface area contributed by atoms with Crippen LogP contribution in [0, 0.1) is 5.92 Å². The standard InChI is InChI=1S/C21H29N3O2/c1-23(2)14-16-11-13-24(15-16)21(25)22-12-10-19-18-7-5-4-6-17(18)8-9-20(19)26-3/h4-9,16H,10-15H2,1-3H3,(H,22,25)/t16-/m1/s1. The number of carbonyl (C=O) groups is 1. The molecule has 2 amide bonds. The Morgan fingerprint density at radius 1 is 1.27 bits per heavy atom. The summed E-state index contributed by atoms with van der Waals surface area (Å²) in [6, 6.07) is 12.4. The molecule has 1 N–H and O–H groups in total. The molecule has 2 aromatic carbocycles. The first-order valence-electron chi connectivity index (χ1n) is 9.30. The van der Waals surface area contributed by atoms with Gasteiger partial charge in [-0.1, -0.05) is 30.3 Å². The second-order valence-corrected chi connectivity index (χ2v) is 7.31. The van der Waals surface area contributed by atoms with E-state index in [2.05, 4.69) is 42.5 Å². The van der Waals surface area contributed by atoms with Crippen molar-refractivity contribution >= 4 is 16.8 Å². The summed E-state index contributed by atoms with van der Waals surface area (Å²) in [7, 11) is 5.86. The summed E-state index contributed by atoms with van der Waals surface area (Å²) < 4.78 is 5.53. The van der Waals surface area contributed by atoms with Crippen LogP contribution < -0.4 is 10.1 Å². The first-order valence-corrected chi connectivity index (χ1v) is 9.30. The number of amides is 2. The lowest BCUT2D eigenvalue weighted by Gasteiger charge is -2.19. The Kier molecular flexibility index (Phi) is 5.99. The van der Waals surface area contributed by atoms with Crippen LogP contribution in [0.15, 0.2) is 36.4 Å². The molecule has 0 bridgehead atoms. The van der Waals surface area contributed by atoms with Crippen molar-refractivity contribution in [2.75, 3.05) is 47.4 Å². The predicted octanol–water partition coefficient (Wildman–Crippen LogP) is 2.98. The maximum atomic E-state index is 12.5. The molecule has 1 heterocycles. The fraction of sp³-hybridized carbons (Fsp3) is 0.476. The molecule has 0 unspecified atom stereocenters. The van der Waals surface area contributed by atoms with E-state index >= 15 is 0 Å². The van der Waals surface area contributed by atoms with Gasteiger partial charge in [-0.25, -0.2) is 4.79 Å². The average molecular weight is 355 g/mol. The number of likely N-dealkylation sites (tertiary alicyclic amines) is 1. The first-order chi connectivity index (χ1) is 12.6. The SMILES string of the molecule is COc1ccc2ccccc2c1CCNC(=O)N1CC[C@H](CN(C)C)C1. The molecule has 5 nitrogen and oxygen atoms in total. The molecular formula is C21H29N3O2. The molecular weight excluding hydrogens is 326 g/mol. The molecule has 140 valence electrons. The third kappa shape index (κ3) is 4.28. The zero-order chi connectivity index (χ0) is 18.5. The number of urea groups is 1. The average Bonchev–Trinajstić information content (AvgIpc) is 3.09. The van der Waals surface area contributed by atoms with E-state index < -0.39 is 0 Å². The van der Waals surface area contributed by atoms with Crippen LogP contribution in [0.2, 0.25) is 0 Å². The van der Waals surface area contributed by atoms with Crippen molar-refractivity contribution in [1.82, 2.24) is 15.1 Å². The molecule has 2 aromatic rings. The van der Waals surface area contributed by atoms with Gasteiger partial charge in [0.25, 0.3) is 0 Å². The fourth-order valence-electron chi connectivity index (χ4n) is 3.85. The Bertz CT molecular complexity index is 760. The Morgan fingerprint density at radius 2 is 2.08 bits per heavy atom. The van der Waals surface area contributed by atoms with Gasteiger partial charge in [0.2, 0.25) is 0 Å². The Morgan fingerprint density at radius 3 is 2.85 bits per heavy atom. The Balaban J connectivity index is 1.58. The molecule has 0 aromatic heterocycles. The van der Waals surface area contributed by atoms with Crippen LogP contribution in [-0.4, -0.2) is 63.2 Å². The van der Waals surface area contributed by atoms with Crippen LogP contribution in [0.5, 0.6) is 5.75 Å². The summed E-state index contributed by atoms with van der Waals surface area (Å²) in [4.78, 5) is 16.6. The highest BCUT2D eigenvalue weighted by Crippen LogP contribution is 2.28. The summed E-state index contributed by atoms with van der Waals surface area (Å²) in [5, 5.41) is 5.46. The Hall–Kier alpha value is -2.27. The van der Waals surface area contributed by atoms with Crippen molar-refractivity contribution in [3.8, 4) is 5.75 Å². The lowest BCUT2D eigenvalue weighted by molar-refractivity contribution is 0.205. The van der Waals surface area contributed by atoms with Gasteiger partial charge in [0.15, 0.2) is 0 Å². The van der Waals surface area contributed by atoms with Crippen molar-refractivity contribution in [2.45, 2.75) is 12.8 Å². The third-order valence-corrected chi connectivity index (χ3v) is 5.07. The van der Waals surface area contributed by atoms with Crippen molar-refractivity contribution < 1.29 is 9.53 Å². The number of fused-ring (bicyclic) bond motifs is 1. The minimum Gasteiger partial charge on any atom is -0.496 e. The number of benzene rings is 2. The highest BCUT2D eigenvalue weighted by atomic mass is 16.5. The van der Waals surface area contributed by atoms with Gasteiger partial charge in [0, 0.05) is 31.7 Å². The number of methoxy groups -OCH3 is 1. The van der Waals surface area contributed by atoms with Crippen molar-refractivity contribution in [3.05, 3.63) is 42.0 Å².